The van der Waals surface area contributed by atoms with E-state index in [0.717, 1.165) is 24.2 Å². The monoisotopic (exact) mass is 276 g/mol. The van der Waals surface area contributed by atoms with Gasteiger partial charge in [-0.3, -0.25) is 4.79 Å². The first-order valence-electron chi connectivity index (χ1n) is 7.26. The van der Waals surface area contributed by atoms with Crippen molar-refractivity contribution in [2.24, 2.45) is 0 Å². The molecule has 0 heterocycles. The first kappa shape index (κ1) is 14.9. The van der Waals surface area contributed by atoms with Gasteiger partial charge in [0.2, 0.25) is 5.91 Å². The van der Waals surface area contributed by atoms with Crippen molar-refractivity contribution in [1.29, 1.82) is 0 Å². The number of carbonyl (C=O) groups excluding carboxylic acids is 1. The molecule has 0 saturated heterocycles. The van der Waals surface area contributed by atoms with Gasteiger partial charge in [0.05, 0.1) is 13.7 Å². The first-order valence-corrected chi connectivity index (χ1v) is 7.26. The Morgan fingerprint density at radius 1 is 1.40 bits per heavy atom. The number of nitrogens with zero attached hydrogens (tertiary/aromatic N) is 1. The van der Waals surface area contributed by atoms with Gasteiger partial charge in [-0.05, 0) is 18.9 Å². The molecule has 1 aromatic carbocycles. The fourth-order valence-electron chi connectivity index (χ4n) is 2.22. The van der Waals surface area contributed by atoms with Gasteiger partial charge in [0.15, 0.2) is 0 Å². The van der Waals surface area contributed by atoms with Crippen LogP contribution in [0.25, 0.3) is 0 Å². The lowest BCUT2D eigenvalue weighted by atomic mass is 10.2. The van der Waals surface area contributed by atoms with Crippen LogP contribution in [-0.2, 0) is 11.3 Å². The van der Waals surface area contributed by atoms with Gasteiger partial charge < -0.3 is 15.0 Å². The standard InChI is InChI=1S/C16H24N2O2/c1-12(2)17-10-16(19)18(14-8-9-14)11-13-6-4-5-7-15(13)20-3/h4-7,12,14,17H,8-11H2,1-3H3. The molecule has 2 rings (SSSR count). The molecule has 1 saturated carbocycles. The second kappa shape index (κ2) is 6.75. The number of ether oxygens (including phenoxy) is 1. The number of carbonyl (C=O) groups is 1. The third-order valence-corrected chi connectivity index (χ3v) is 3.50. The maximum absolute atomic E-state index is 12.4. The minimum absolute atomic E-state index is 0.173. The molecule has 0 unspecified atom stereocenters. The highest BCUT2D eigenvalue weighted by Gasteiger charge is 2.32. The van der Waals surface area contributed by atoms with Gasteiger partial charge in [-0.2, -0.15) is 0 Å². The zero-order chi connectivity index (χ0) is 14.5. The molecule has 1 aliphatic rings. The Morgan fingerprint density at radius 3 is 2.70 bits per heavy atom. The summed E-state index contributed by atoms with van der Waals surface area (Å²) in [5.41, 5.74) is 1.07. The van der Waals surface area contributed by atoms with Gasteiger partial charge in [-0.1, -0.05) is 32.0 Å². The van der Waals surface area contributed by atoms with Crippen molar-refractivity contribution in [1.82, 2.24) is 10.2 Å². The predicted octanol–water partition coefficient (Wildman–Crippen LogP) is 2.18. The van der Waals surface area contributed by atoms with Gasteiger partial charge in [0.1, 0.15) is 5.75 Å². The van der Waals surface area contributed by atoms with Crippen LogP contribution in [0.1, 0.15) is 32.3 Å². The molecule has 1 fully saturated rings. The minimum Gasteiger partial charge on any atom is -0.496 e. The maximum atomic E-state index is 12.4. The number of hydrogen-bond donors (Lipinski definition) is 1. The number of methoxy groups -OCH3 is 1. The molecule has 0 spiro atoms. The predicted molar refractivity (Wildman–Crippen MR) is 79.7 cm³/mol. The molecule has 110 valence electrons. The molecule has 20 heavy (non-hydrogen) atoms. The lowest BCUT2D eigenvalue weighted by Crippen LogP contribution is -2.41. The van der Waals surface area contributed by atoms with E-state index in [1.807, 2.05) is 29.2 Å². The van der Waals surface area contributed by atoms with Crippen molar-refractivity contribution >= 4 is 5.91 Å². The number of nitrogens with one attached hydrogen (secondary N) is 1. The van der Waals surface area contributed by atoms with Gasteiger partial charge >= 0.3 is 0 Å². The average molecular weight is 276 g/mol. The number of hydrogen-bond acceptors (Lipinski definition) is 3. The molecule has 1 N–H and O–H groups in total. The molecule has 0 aliphatic heterocycles. The Hall–Kier alpha value is -1.55. The fourth-order valence-corrected chi connectivity index (χ4v) is 2.22. The average Bonchev–Trinajstić information content (AvgIpc) is 3.27. The molecule has 1 amide bonds. The summed E-state index contributed by atoms with van der Waals surface area (Å²) in [4.78, 5) is 14.3. The minimum atomic E-state index is 0.173. The second-order valence-corrected chi connectivity index (χ2v) is 5.60. The smallest absolute Gasteiger partial charge is 0.237 e. The summed E-state index contributed by atoms with van der Waals surface area (Å²) >= 11 is 0. The van der Waals surface area contributed by atoms with E-state index in [4.69, 9.17) is 4.74 Å². The molecule has 0 radical (unpaired) electrons. The van der Waals surface area contributed by atoms with Crippen molar-refractivity contribution in [3.8, 4) is 5.75 Å². The van der Waals surface area contributed by atoms with E-state index < -0.39 is 0 Å². The third kappa shape index (κ3) is 3.97. The van der Waals surface area contributed by atoms with Crippen LogP contribution in [0, 0.1) is 0 Å². The Kier molecular flexibility index (Phi) is 5.01. The highest BCUT2D eigenvalue weighted by Crippen LogP contribution is 2.30. The third-order valence-electron chi connectivity index (χ3n) is 3.50. The number of amides is 1. The molecular formula is C16H24N2O2. The van der Waals surface area contributed by atoms with Gasteiger partial charge in [0.25, 0.3) is 0 Å². The van der Waals surface area contributed by atoms with Crippen LogP contribution >= 0.6 is 0 Å². The van der Waals surface area contributed by atoms with Gasteiger partial charge in [-0.15, -0.1) is 0 Å². The molecule has 1 aromatic rings. The van der Waals surface area contributed by atoms with E-state index in [9.17, 15) is 4.79 Å². The molecule has 0 aromatic heterocycles. The lowest BCUT2D eigenvalue weighted by molar-refractivity contribution is -0.131. The summed E-state index contributed by atoms with van der Waals surface area (Å²) in [6.07, 6.45) is 2.23. The summed E-state index contributed by atoms with van der Waals surface area (Å²) < 4.78 is 5.37. The quantitative estimate of drug-likeness (QED) is 0.830. The first-order chi connectivity index (χ1) is 9.61. The van der Waals surface area contributed by atoms with E-state index in [1.165, 1.54) is 0 Å². The zero-order valence-corrected chi connectivity index (χ0v) is 12.6. The van der Waals surface area contributed by atoms with Gasteiger partial charge in [-0.25, -0.2) is 0 Å². The number of rotatable bonds is 7. The molecule has 4 nitrogen and oxygen atoms in total. The van der Waals surface area contributed by atoms with Crippen molar-refractivity contribution < 1.29 is 9.53 Å². The van der Waals surface area contributed by atoms with Crippen LogP contribution in [-0.4, -0.2) is 36.5 Å². The Balaban J connectivity index is 2.04. The molecule has 0 bridgehead atoms. The van der Waals surface area contributed by atoms with E-state index in [-0.39, 0.29) is 5.91 Å². The Morgan fingerprint density at radius 2 is 2.10 bits per heavy atom. The Labute approximate surface area is 121 Å². The van der Waals surface area contributed by atoms with Crippen molar-refractivity contribution in [3.05, 3.63) is 29.8 Å². The number of benzene rings is 1. The van der Waals surface area contributed by atoms with Crippen LogP contribution in [0.15, 0.2) is 24.3 Å². The SMILES string of the molecule is COc1ccccc1CN(C(=O)CNC(C)C)C1CC1. The topological polar surface area (TPSA) is 41.6 Å². The maximum Gasteiger partial charge on any atom is 0.237 e. The summed E-state index contributed by atoms with van der Waals surface area (Å²) in [5.74, 6) is 1.02. The molecule has 1 aliphatic carbocycles. The second-order valence-electron chi connectivity index (χ2n) is 5.60. The van der Waals surface area contributed by atoms with Crippen LogP contribution < -0.4 is 10.1 Å². The van der Waals surface area contributed by atoms with Crippen molar-refractivity contribution in [2.45, 2.75) is 45.3 Å². The fraction of sp³-hybridized carbons (Fsp3) is 0.562. The normalized spacial score (nSPS) is 14.4. The van der Waals surface area contributed by atoms with Crippen LogP contribution in [0.5, 0.6) is 5.75 Å². The van der Waals surface area contributed by atoms with E-state index in [0.29, 0.717) is 25.2 Å². The van der Waals surface area contributed by atoms with E-state index in [2.05, 4.69) is 19.2 Å². The van der Waals surface area contributed by atoms with Crippen molar-refractivity contribution in [2.75, 3.05) is 13.7 Å². The van der Waals surface area contributed by atoms with Crippen LogP contribution in [0.3, 0.4) is 0 Å². The highest BCUT2D eigenvalue weighted by atomic mass is 16.5. The number of para-hydroxylation sites is 1. The summed E-state index contributed by atoms with van der Waals surface area (Å²) in [7, 11) is 1.67. The summed E-state index contributed by atoms with van der Waals surface area (Å²) in [5, 5.41) is 3.20. The summed E-state index contributed by atoms with van der Waals surface area (Å²) in [6.45, 7) is 5.14. The van der Waals surface area contributed by atoms with Crippen LogP contribution in [0.2, 0.25) is 0 Å². The largest absolute Gasteiger partial charge is 0.496 e. The molecular weight excluding hydrogens is 252 g/mol. The highest BCUT2D eigenvalue weighted by molar-refractivity contribution is 5.79. The van der Waals surface area contributed by atoms with E-state index >= 15 is 0 Å². The van der Waals surface area contributed by atoms with Gasteiger partial charge in [0, 0.05) is 24.2 Å². The summed E-state index contributed by atoms with van der Waals surface area (Å²) in [6, 6.07) is 8.63. The zero-order valence-electron chi connectivity index (χ0n) is 12.6. The lowest BCUT2D eigenvalue weighted by Gasteiger charge is -2.24. The van der Waals surface area contributed by atoms with Crippen molar-refractivity contribution in [3.63, 3.8) is 0 Å². The van der Waals surface area contributed by atoms with Crippen LogP contribution in [0.4, 0.5) is 0 Å². The molecule has 4 heteroatoms. The molecule has 0 atom stereocenters. The van der Waals surface area contributed by atoms with E-state index in [1.54, 1.807) is 7.11 Å². The Bertz CT molecular complexity index is 456.